The zero-order valence-corrected chi connectivity index (χ0v) is 12.9. The third-order valence-electron chi connectivity index (χ3n) is 3.44. The van der Waals surface area contributed by atoms with Crippen molar-refractivity contribution in [2.24, 2.45) is 0 Å². The Balaban J connectivity index is 2.08. The lowest BCUT2D eigenvalue weighted by molar-refractivity contribution is -0.146. The van der Waals surface area contributed by atoms with Crippen LogP contribution in [0.2, 0.25) is 0 Å². The van der Waals surface area contributed by atoms with Crippen molar-refractivity contribution in [1.29, 1.82) is 0 Å². The number of aliphatic hydroxyl groups excluding tert-OH is 2. The average Bonchev–Trinajstić information content (AvgIpc) is 2.55. The molecule has 128 valence electrons. The molecule has 1 heterocycles. The third kappa shape index (κ3) is 8.28. The smallest absolute Gasteiger partial charge is 0.307 e. The van der Waals surface area contributed by atoms with E-state index in [0.717, 1.165) is 26.2 Å². The monoisotopic (exact) mass is 318 g/mol. The van der Waals surface area contributed by atoms with Gasteiger partial charge >= 0.3 is 11.9 Å². The topological polar surface area (TPSA) is 99.5 Å². The molecule has 8 heteroatoms. The van der Waals surface area contributed by atoms with Gasteiger partial charge in [0.05, 0.1) is 26.1 Å². The number of nitrogens with zero attached hydrogens (tertiary/aromatic N) is 2. The summed E-state index contributed by atoms with van der Waals surface area (Å²) in [6, 6.07) is 0. The van der Waals surface area contributed by atoms with Crippen LogP contribution in [0.15, 0.2) is 0 Å². The Kier molecular flexibility index (Phi) is 9.72. The van der Waals surface area contributed by atoms with Gasteiger partial charge in [0.1, 0.15) is 13.2 Å². The summed E-state index contributed by atoms with van der Waals surface area (Å²) in [5.41, 5.74) is 0. The van der Waals surface area contributed by atoms with Gasteiger partial charge in [0.15, 0.2) is 0 Å². The zero-order valence-electron chi connectivity index (χ0n) is 12.9. The molecule has 0 aromatic carbocycles. The number of ether oxygens (including phenoxy) is 2. The van der Waals surface area contributed by atoms with E-state index in [2.05, 4.69) is 9.80 Å². The highest BCUT2D eigenvalue weighted by atomic mass is 16.5. The molecule has 0 spiro atoms. The first-order valence-corrected chi connectivity index (χ1v) is 7.63. The van der Waals surface area contributed by atoms with Gasteiger partial charge in [-0.3, -0.25) is 9.59 Å². The summed E-state index contributed by atoms with van der Waals surface area (Å²) in [4.78, 5) is 27.0. The number of aliphatic hydroxyl groups is 2. The van der Waals surface area contributed by atoms with Crippen molar-refractivity contribution in [3.05, 3.63) is 0 Å². The molecular weight excluding hydrogens is 292 g/mol. The highest BCUT2D eigenvalue weighted by molar-refractivity contribution is 5.69. The van der Waals surface area contributed by atoms with Gasteiger partial charge in [-0.15, -0.1) is 0 Å². The number of hydrogen-bond donors (Lipinski definition) is 2. The number of carbonyl (C=O) groups excluding carboxylic acids is 2. The molecular formula is C14H26N2O6. The molecule has 0 radical (unpaired) electrons. The van der Waals surface area contributed by atoms with Crippen LogP contribution in [-0.4, -0.2) is 97.6 Å². The quantitative estimate of drug-likeness (QED) is 0.467. The number of carbonyl (C=O) groups is 2. The molecule has 1 aliphatic heterocycles. The van der Waals surface area contributed by atoms with Crippen LogP contribution < -0.4 is 0 Å². The maximum atomic E-state index is 11.3. The normalized spacial score (nSPS) is 16.5. The summed E-state index contributed by atoms with van der Waals surface area (Å²) in [5.74, 6) is -0.578. The minimum atomic E-state index is -0.289. The Morgan fingerprint density at radius 2 is 1.14 bits per heavy atom. The molecule has 1 saturated heterocycles. The second kappa shape index (κ2) is 11.4. The molecule has 0 atom stereocenters. The van der Waals surface area contributed by atoms with E-state index in [4.69, 9.17) is 19.7 Å². The fraction of sp³-hybridized carbons (Fsp3) is 0.857. The zero-order chi connectivity index (χ0) is 16.2. The summed E-state index contributed by atoms with van der Waals surface area (Å²) in [6.07, 6.45) is 0.654. The Hall–Kier alpha value is -1.22. The van der Waals surface area contributed by atoms with Gasteiger partial charge in [-0.05, 0) is 0 Å². The van der Waals surface area contributed by atoms with Crippen molar-refractivity contribution in [3.8, 4) is 0 Å². The van der Waals surface area contributed by atoms with E-state index in [-0.39, 0.29) is 38.4 Å². The molecule has 2 N–H and O–H groups in total. The van der Waals surface area contributed by atoms with E-state index >= 15 is 0 Å². The van der Waals surface area contributed by atoms with Gasteiger partial charge in [0.2, 0.25) is 0 Å². The van der Waals surface area contributed by atoms with Crippen LogP contribution in [0.3, 0.4) is 0 Å². The molecule has 0 bridgehead atoms. The number of esters is 2. The predicted molar refractivity (Wildman–Crippen MR) is 78.2 cm³/mol. The SMILES string of the molecule is O=C(CCN1CCN(CCC(=O)OCCO)CC1)OCCO. The van der Waals surface area contributed by atoms with Crippen LogP contribution in [0.4, 0.5) is 0 Å². The number of rotatable bonds is 10. The first-order valence-electron chi connectivity index (χ1n) is 7.63. The van der Waals surface area contributed by atoms with Gasteiger partial charge in [-0.2, -0.15) is 0 Å². The molecule has 1 fully saturated rings. The Bertz CT molecular complexity index is 299. The lowest BCUT2D eigenvalue weighted by atomic mass is 10.2. The highest BCUT2D eigenvalue weighted by Gasteiger charge is 2.18. The maximum absolute atomic E-state index is 11.3. The fourth-order valence-corrected chi connectivity index (χ4v) is 2.20. The maximum Gasteiger partial charge on any atom is 0.307 e. The van der Waals surface area contributed by atoms with Crippen molar-refractivity contribution in [3.63, 3.8) is 0 Å². The second-order valence-corrected chi connectivity index (χ2v) is 5.07. The summed E-state index contributed by atoms with van der Waals surface area (Å²) >= 11 is 0. The fourth-order valence-electron chi connectivity index (χ4n) is 2.20. The van der Waals surface area contributed by atoms with E-state index < -0.39 is 0 Å². The number of piperazine rings is 1. The van der Waals surface area contributed by atoms with Crippen molar-refractivity contribution in [2.75, 3.05) is 65.7 Å². The van der Waals surface area contributed by atoms with Crippen LogP contribution in [0.1, 0.15) is 12.8 Å². The molecule has 0 aromatic heterocycles. The lowest BCUT2D eigenvalue weighted by Gasteiger charge is -2.34. The Morgan fingerprint density at radius 3 is 1.45 bits per heavy atom. The molecule has 0 amide bonds. The molecule has 1 aliphatic rings. The molecule has 8 nitrogen and oxygen atoms in total. The Morgan fingerprint density at radius 1 is 0.773 bits per heavy atom. The van der Waals surface area contributed by atoms with Gasteiger partial charge < -0.3 is 29.5 Å². The standard InChI is InChI=1S/C14H26N2O6/c17-9-11-21-13(19)1-3-15-5-7-16(8-6-15)4-2-14(20)22-12-10-18/h17-18H,1-12H2. The molecule has 1 rings (SSSR count). The van der Waals surface area contributed by atoms with Crippen molar-refractivity contribution in [1.82, 2.24) is 9.80 Å². The lowest BCUT2D eigenvalue weighted by Crippen LogP contribution is -2.47. The van der Waals surface area contributed by atoms with Crippen molar-refractivity contribution >= 4 is 11.9 Å². The van der Waals surface area contributed by atoms with Crippen LogP contribution in [0.5, 0.6) is 0 Å². The molecule has 0 saturated carbocycles. The molecule has 22 heavy (non-hydrogen) atoms. The summed E-state index contributed by atoms with van der Waals surface area (Å²) < 4.78 is 9.61. The summed E-state index contributed by atoms with van der Waals surface area (Å²) in [6.45, 7) is 4.50. The van der Waals surface area contributed by atoms with Crippen molar-refractivity contribution in [2.45, 2.75) is 12.8 Å². The van der Waals surface area contributed by atoms with E-state index in [1.165, 1.54) is 0 Å². The largest absolute Gasteiger partial charge is 0.463 e. The van der Waals surface area contributed by atoms with Crippen molar-refractivity contribution < 1.29 is 29.3 Å². The first-order chi connectivity index (χ1) is 10.7. The predicted octanol–water partition coefficient (Wildman–Crippen LogP) is -1.54. The average molecular weight is 318 g/mol. The first kappa shape index (κ1) is 18.8. The van der Waals surface area contributed by atoms with E-state index in [9.17, 15) is 9.59 Å². The molecule has 0 aromatic rings. The second-order valence-electron chi connectivity index (χ2n) is 5.07. The van der Waals surface area contributed by atoms with Gasteiger partial charge in [-0.1, -0.05) is 0 Å². The van der Waals surface area contributed by atoms with Gasteiger partial charge in [0.25, 0.3) is 0 Å². The summed E-state index contributed by atoms with van der Waals surface area (Å²) in [7, 11) is 0. The Labute approximate surface area is 130 Å². The molecule has 0 aliphatic carbocycles. The van der Waals surface area contributed by atoms with Crippen LogP contribution in [-0.2, 0) is 19.1 Å². The third-order valence-corrected chi connectivity index (χ3v) is 3.44. The van der Waals surface area contributed by atoms with E-state index in [0.29, 0.717) is 25.9 Å². The van der Waals surface area contributed by atoms with Crippen LogP contribution in [0, 0.1) is 0 Å². The van der Waals surface area contributed by atoms with Crippen LogP contribution in [0.25, 0.3) is 0 Å². The van der Waals surface area contributed by atoms with E-state index in [1.54, 1.807) is 0 Å². The minimum Gasteiger partial charge on any atom is -0.463 e. The number of hydrogen-bond acceptors (Lipinski definition) is 8. The van der Waals surface area contributed by atoms with Gasteiger partial charge in [0, 0.05) is 39.3 Å². The van der Waals surface area contributed by atoms with E-state index in [1.807, 2.05) is 0 Å². The molecule has 0 unspecified atom stereocenters. The summed E-state index contributed by atoms with van der Waals surface area (Å²) in [5, 5.41) is 17.1. The minimum absolute atomic E-state index is 0.0546. The highest BCUT2D eigenvalue weighted by Crippen LogP contribution is 2.04. The van der Waals surface area contributed by atoms with Gasteiger partial charge in [-0.25, -0.2) is 0 Å². The van der Waals surface area contributed by atoms with Crippen LogP contribution >= 0.6 is 0 Å².